The Morgan fingerprint density at radius 2 is 1.97 bits per heavy atom. The number of ether oxygens (including phenoxy) is 2. The zero-order valence-electron chi connectivity index (χ0n) is 20.7. The summed E-state index contributed by atoms with van der Waals surface area (Å²) < 4.78 is 12.5. The van der Waals surface area contributed by atoms with Crippen molar-refractivity contribution in [1.29, 1.82) is 0 Å². The maximum Gasteiger partial charge on any atom is 0.252 e. The number of hydrogen-bond acceptors (Lipinski definition) is 7. The molecule has 1 aromatic carbocycles. The fraction of sp³-hybridized carbons (Fsp3) is 0.600. The molecule has 2 aromatic heterocycles. The van der Waals surface area contributed by atoms with E-state index in [2.05, 4.69) is 39.3 Å². The van der Waals surface area contributed by atoms with Crippen molar-refractivity contribution in [1.82, 2.24) is 30.1 Å². The molecule has 0 amide bonds. The quantitative estimate of drug-likeness (QED) is 0.484. The molecule has 9 nitrogen and oxygen atoms in total. The molecule has 0 spiro atoms. The lowest BCUT2D eigenvalue weighted by atomic mass is 9.90. The van der Waals surface area contributed by atoms with Crippen LogP contribution in [0.1, 0.15) is 63.4 Å². The number of aromatic nitrogens is 5. The van der Waals surface area contributed by atoms with Crippen molar-refractivity contribution in [2.24, 2.45) is 5.92 Å². The molecule has 2 heterocycles. The van der Waals surface area contributed by atoms with Crippen LogP contribution < -0.4 is 10.3 Å². The highest BCUT2D eigenvalue weighted by atomic mass is 16.5. The molecular formula is C25H36N6O3. The number of aromatic amines is 1. The molecule has 1 fully saturated rings. The summed E-state index contributed by atoms with van der Waals surface area (Å²) in [6.07, 6.45) is 5.89. The standard InChI is InChI=1S/C25H36N6O3/c1-17(2)23(24-27-28-29-31(24)12-13-33-3)30(20-8-6-5-7-9-20)16-19-14-18-15-21(34-4)10-11-22(18)26-25(19)32/h10-11,14-15,17,20,23H,5-9,12-13,16H2,1-4H3,(H,26,32)/t23-/m1/s1. The van der Waals surface area contributed by atoms with Gasteiger partial charge >= 0.3 is 0 Å². The van der Waals surface area contributed by atoms with Crippen LogP contribution >= 0.6 is 0 Å². The van der Waals surface area contributed by atoms with Crippen LogP contribution in [0.25, 0.3) is 10.9 Å². The summed E-state index contributed by atoms with van der Waals surface area (Å²) in [5.74, 6) is 1.86. The van der Waals surface area contributed by atoms with Crippen LogP contribution in [0.15, 0.2) is 29.1 Å². The van der Waals surface area contributed by atoms with E-state index in [-0.39, 0.29) is 17.5 Å². The topological polar surface area (TPSA) is 98.2 Å². The molecule has 0 bridgehead atoms. The fourth-order valence-corrected chi connectivity index (χ4v) is 5.13. The van der Waals surface area contributed by atoms with Gasteiger partial charge in [-0.2, -0.15) is 0 Å². The molecule has 9 heteroatoms. The monoisotopic (exact) mass is 468 g/mol. The lowest BCUT2D eigenvalue weighted by Crippen LogP contribution is -2.43. The van der Waals surface area contributed by atoms with E-state index in [1.807, 2.05) is 28.9 Å². The van der Waals surface area contributed by atoms with E-state index < -0.39 is 0 Å². The second kappa shape index (κ2) is 11.1. The molecule has 3 aromatic rings. The zero-order valence-corrected chi connectivity index (χ0v) is 20.7. The number of H-pyrrole nitrogens is 1. The summed E-state index contributed by atoms with van der Waals surface area (Å²) in [7, 11) is 3.33. The van der Waals surface area contributed by atoms with Gasteiger partial charge < -0.3 is 14.5 Å². The van der Waals surface area contributed by atoms with Crippen LogP contribution in [0.3, 0.4) is 0 Å². The number of pyridine rings is 1. The average Bonchev–Trinajstić information content (AvgIpc) is 3.30. The Balaban J connectivity index is 1.74. The van der Waals surface area contributed by atoms with E-state index in [0.29, 0.717) is 25.7 Å². The van der Waals surface area contributed by atoms with Gasteiger partial charge in [-0.1, -0.05) is 33.1 Å². The van der Waals surface area contributed by atoms with Crippen molar-refractivity contribution in [2.75, 3.05) is 20.8 Å². The number of hydrogen-bond donors (Lipinski definition) is 1. The van der Waals surface area contributed by atoms with E-state index in [1.54, 1.807) is 14.2 Å². The van der Waals surface area contributed by atoms with Crippen molar-refractivity contribution >= 4 is 10.9 Å². The van der Waals surface area contributed by atoms with E-state index in [0.717, 1.165) is 40.9 Å². The second-order valence-electron chi connectivity index (χ2n) is 9.48. The van der Waals surface area contributed by atoms with E-state index in [9.17, 15) is 4.79 Å². The minimum Gasteiger partial charge on any atom is -0.497 e. The summed E-state index contributed by atoms with van der Waals surface area (Å²) in [5, 5.41) is 13.6. The number of methoxy groups -OCH3 is 2. The molecule has 0 radical (unpaired) electrons. The first kappa shape index (κ1) is 24.3. The minimum absolute atomic E-state index is 0.0182. The summed E-state index contributed by atoms with van der Waals surface area (Å²) in [6.45, 7) is 6.07. The number of rotatable bonds is 10. The Morgan fingerprint density at radius 3 is 2.68 bits per heavy atom. The van der Waals surface area contributed by atoms with E-state index in [4.69, 9.17) is 9.47 Å². The van der Waals surface area contributed by atoms with Crippen molar-refractivity contribution in [3.05, 3.63) is 46.0 Å². The lowest BCUT2D eigenvalue weighted by Gasteiger charge is -2.41. The Hall–Kier alpha value is -2.78. The molecule has 0 unspecified atom stereocenters. The van der Waals surface area contributed by atoms with Gasteiger partial charge in [0.15, 0.2) is 5.82 Å². The molecule has 34 heavy (non-hydrogen) atoms. The van der Waals surface area contributed by atoms with Gasteiger partial charge in [0.1, 0.15) is 5.75 Å². The van der Waals surface area contributed by atoms with Gasteiger partial charge in [0, 0.05) is 36.2 Å². The SMILES string of the molecule is COCCn1nnnc1[C@@H](C(C)C)N(Cc1cc2cc(OC)ccc2[nH]c1=O)C1CCCCC1. The fourth-order valence-electron chi connectivity index (χ4n) is 5.13. The number of nitrogens with one attached hydrogen (secondary N) is 1. The van der Waals surface area contributed by atoms with Crippen LogP contribution in [0.4, 0.5) is 0 Å². The third-order valence-electron chi connectivity index (χ3n) is 6.85. The lowest BCUT2D eigenvalue weighted by molar-refractivity contribution is 0.0597. The van der Waals surface area contributed by atoms with Crippen LogP contribution in [-0.4, -0.2) is 57.0 Å². The molecule has 4 rings (SSSR count). The van der Waals surface area contributed by atoms with Crippen LogP contribution in [0, 0.1) is 5.92 Å². The predicted octanol–water partition coefficient (Wildman–Crippen LogP) is 3.70. The van der Waals surface area contributed by atoms with Gasteiger partial charge in [-0.05, 0) is 53.5 Å². The Morgan fingerprint density at radius 1 is 1.18 bits per heavy atom. The first-order chi connectivity index (χ1) is 16.5. The Labute approximate surface area is 200 Å². The summed E-state index contributed by atoms with van der Waals surface area (Å²) in [5.41, 5.74) is 1.50. The van der Waals surface area contributed by atoms with E-state index in [1.165, 1.54) is 19.3 Å². The molecular weight excluding hydrogens is 432 g/mol. The Kier molecular flexibility index (Phi) is 7.95. The van der Waals surface area contributed by atoms with Crippen LogP contribution in [0.5, 0.6) is 5.75 Å². The number of nitrogens with zero attached hydrogens (tertiary/aromatic N) is 5. The second-order valence-corrected chi connectivity index (χ2v) is 9.48. The minimum atomic E-state index is -0.0556. The number of tetrazole rings is 1. The predicted molar refractivity (Wildman–Crippen MR) is 131 cm³/mol. The molecule has 1 N–H and O–H groups in total. The largest absolute Gasteiger partial charge is 0.497 e. The first-order valence-corrected chi connectivity index (χ1v) is 12.2. The first-order valence-electron chi connectivity index (χ1n) is 12.2. The van der Waals surface area contributed by atoms with Gasteiger partial charge in [-0.3, -0.25) is 9.69 Å². The highest BCUT2D eigenvalue weighted by Crippen LogP contribution is 2.35. The highest BCUT2D eigenvalue weighted by Gasteiger charge is 2.34. The molecule has 1 aliphatic carbocycles. The average molecular weight is 469 g/mol. The third-order valence-corrected chi connectivity index (χ3v) is 6.85. The van der Waals surface area contributed by atoms with Crippen molar-refractivity contribution in [3.8, 4) is 5.75 Å². The molecule has 0 aliphatic heterocycles. The van der Waals surface area contributed by atoms with Crippen LogP contribution in [0.2, 0.25) is 0 Å². The smallest absolute Gasteiger partial charge is 0.252 e. The molecule has 1 aliphatic rings. The summed E-state index contributed by atoms with van der Waals surface area (Å²) >= 11 is 0. The molecule has 184 valence electrons. The molecule has 1 atom stereocenters. The van der Waals surface area contributed by atoms with Crippen molar-refractivity contribution in [3.63, 3.8) is 0 Å². The highest BCUT2D eigenvalue weighted by molar-refractivity contribution is 5.80. The summed E-state index contributed by atoms with van der Waals surface area (Å²) in [4.78, 5) is 18.6. The van der Waals surface area contributed by atoms with Gasteiger partial charge in [0.2, 0.25) is 0 Å². The maximum atomic E-state index is 13.1. The van der Waals surface area contributed by atoms with Crippen LogP contribution in [-0.2, 0) is 17.8 Å². The van der Waals surface area contributed by atoms with Gasteiger partial charge in [-0.25, -0.2) is 4.68 Å². The molecule has 1 saturated carbocycles. The molecule has 0 saturated heterocycles. The normalized spacial score (nSPS) is 15.9. The number of benzene rings is 1. The van der Waals surface area contributed by atoms with Gasteiger partial charge in [0.25, 0.3) is 5.56 Å². The zero-order chi connectivity index (χ0) is 24.1. The van der Waals surface area contributed by atoms with Crippen molar-refractivity contribution in [2.45, 2.75) is 71.1 Å². The summed E-state index contributed by atoms with van der Waals surface area (Å²) in [6, 6.07) is 8.06. The van der Waals surface area contributed by atoms with Gasteiger partial charge in [0.05, 0.1) is 26.3 Å². The van der Waals surface area contributed by atoms with Crippen molar-refractivity contribution < 1.29 is 9.47 Å². The number of fused-ring (bicyclic) bond motifs is 1. The van der Waals surface area contributed by atoms with Gasteiger partial charge in [-0.15, -0.1) is 5.10 Å². The maximum absolute atomic E-state index is 13.1. The third kappa shape index (κ3) is 5.31. The van der Waals surface area contributed by atoms with E-state index >= 15 is 0 Å². The Bertz CT molecular complexity index is 1140.